The van der Waals surface area contributed by atoms with Crippen molar-refractivity contribution in [3.8, 4) is 23.4 Å². The number of ether oxygens (including phenoxy) is 2. The minimum Gasteiger partial charge on any atom is -0.493 e. The van der Waals surface area contributed by atoms with Gasteiger partial charge in [0.05, 0.1) is 24.9 Å². The van der Waals surface area contributed by atoms with Gasteiger partial charge in [-0.3, -0.25) is 0 Å². The molecular weight excluding hydrogens is 294 g/mol. The Kier molecular flexibility index (Phi) is 4.07. The van der Waals surface area contributed by atoms with Gasteiger partial charge in [-0.25, -0.2) is 18.5 Å². The average molecular weight is 305 g/mol. The zero-order valence-electron chi connectivity index (χ0n) is 11.0. The predicted octanol–water partition coefficient (Wildman–Crippen LogP) is 1.40. The van der Waals surface area contributed by atoms with Crippen LogP contribution in [0.2, 0.25) is 0 Å². The summed E-state index contributed by atoms with van der Waals surface area (Å²) in [6, 6.07) is 9.29. The summed E-state index contributed by atoms with van der Waals surface area (Å²) in [5.41, 5.74) is 0.428. The Balaban J connectivity index is 2.28. The number of aromatic nitrogens is 1. The Morgan fingerprint density at radius 2 is 2.00 bits per heavy atom. The number of nitriles is 1. The molecule has 2 aromatic rings. The summed E-state index contributed by atoms with van der Waals surface area (Å²) in [4.78, 5) is 3.75. The van der Waals surface area contributed by atoms with Crippen molar-refractivity contribution in [2.24, 2.45) is 5.14 Å². The molecule has 0 saturated carbocycles. The molecule has 0 aliphatic heterocycles. The number of sulfonamides is 1. The van der Waals surface area contributed by atoms with Gasteiger partial charge in [0, 0.05) is 12.1 Å². The first-order chi connectivity index (χ1) is 9.94. The summed E-state index contributed by atoms with van der Waals surface area (Å²) in [6.45, 7) is 0. The number of nitrogens with zero attached hydrogens (tertiary/aromatic N) is 2. The minimum atomic E-state index is -3.79. The van der Waals surface area contributed by atoms with Gasteiger partial charge in [-0.2, -0.15) is 5.26 Å². The third-order valence-electron chi connectivity index (χ3n) is 2.54. The molecule has 8 heteroatoms. The van der Waals surface area contributed by atoms with Crippen molar-refractivity contribution in [1.82, 2.24) is 4.98 Å². The number of hydrogen-bond donors (Lipinski definition) is 1. The molecule has 2 rings (SSSR count). The molecule has 0 amide bonds. The molecule has 21 heavy (non-hydrogen) atoms. The van der Waals surface area contributed by atoms with Gasteiger partial charge in [0.2, 0.25) is 15.9 Å². The molecule has 1 heterocycles. The van der Waals surface area contributed by atoms with Crippen molar-refractivity contribution < 1.29 is 17.9 Å². The van der Waals surface area contributed by atoms with Crippen LogP contribution in [0.4, 0.5) is 0 Å². The van der Waals surface area contributed by atoms with Gasteiger partial charge in [0.25, 0.3) is 0 Å². The summed E-state index contributed by atoms with van der Waals surface area (Å²) in [6.07, 6.45) is 1.10. The first-order valence-corrected chi connectivity index (χ1v) is 7.23. The maximum absolute atomic E-state index is 11.1. The van der Waals surface area contributed by atoms with E-state index in [0.717, 1.165) is 6.20 Å². The third-order valence-corrected chi connectivity index (χ3v) is 3.44. The van der Waals surface area contributed by atoms with Crippen molar-refractivity contribution in [3.05, 3.63) is 42.1 Å². The van der Waals surface area contributed by atoms with E-state index in [9.17, 15) is 8.42 Å². The monoisotopic (exact) mass is 305 g/mol. The van der Waals surface area contributed by atoms with E-state index in [1.165, 1.54) is 25.3 Å². The van der Waals surface area contributed by atoms with Crippen LogP contribution in [0.1, 0.15) is 5.56 Å². The Bertz CT molecular complexity index is 795. The largest absolute Gasteiger partial charge is 0.493 e. The van der Waals surface area contributed by atoms with E-state index in [1.54, 1.807) is 12.1 Å². The van der Waals surface area contributed by atoms with E-state index in [4.69, 9.17) is 19.9 Å². The van der Waals surface area contributed by atoms with E-state index >= 15 is 0 Å². The molecular formula is C13H11N3O4S. The number of methoxy groups -OCH3 is 1. The second kappa shape index (κ2) is 5.78. The molecule has 1 aromatic carbocycles. The summed E-state index contributed by atoms with van der Waals surface area (Å²) in [7, 11) is -2.35. The van der Waals surface area contributed by atoms with Crippen molar-refractivity contribution in [2.75, 3.05) is 7.11 Å². The van der Waals surface area contributed by atoms with Crippen LogP contribution < -0.4 is 14.6 Å². The summed E-state index contributed by atoms with van der Waals surface area (Å²) >= 11 is 0. The van der Waals surface area contributed by atoms with Crippen LogP contribution in [0.15, 0.2) is 41.4 Å². The fraction of sp³-hybridized carbons (Fsp3) is 0.0769. The molecule has 0 radical (unpaired) electrons. The summed E-state index contributed by atoms with van der Waals surface area (Å²) in [5.74, 6) is 0.893. The molecule has 0 saturated heterocycles. The number of pyridine rings is 1. The molecule has 0 aliphatic carbocycles. The lowest BCUT2D eigenvalue weighted by atomic mass is 10.2. The first kappa shape index (κ1) is 14.8. The number of benzene rings is 1. The van der Waals surface area contributed by atoms with E-state index in [1.807, 2.05) is 6.07 Å². The smallest absolute Gasteiger partial charge is 0.239 e. The van der Waals surface area contributed by atoms with Crippen LogP contribution in [0.5, 0.6) is 17.4 Å². The van der Waals surface area contributed by atoms with Crippen LogP contribution in [0.25, 0.3) is 0 Å². The van der Waals surface area contributed by atoms with Crippen molar-refractivity contribution in [1.29, 1.82) is 5.26 Å². The average Bonchev–Trinajstić information content (AvgIpc) is 2.47. The Hall–Kier alpha value is -2.63. The van der Waals surface area contributed by atoms with E-state index < -0.39 is 10.0 Å². The summed E-state index contributed by atoms with van der Waals surface area (Å²) in [5, 5.41) is 13.8. The highest BCUT2D eigenvalue weighted by Gasteiger charge is 2.11. The van der Waals surface area contributed by atoms with Crippen LogP contribution in [0.3, 0.4) is 0 Å². The topological polar surface area (TPSA) is 115 Å². The molecule has 0 spiro atoms. The second-order valence-electron chi connectivity index (χ2n) is 3.96. The Morgan fingerprint density at radius 1 is 1.24 bits per heavy atom. The third kappa shape index (κ3) is 3.47. The second-order valence-corrected chi connectivity index (χ2v) is 5.52. The van der Waals surface area contributed by atoms with E-state index in [0.29, 0.717) is 17.1 Å². The maximum Gasteiger partial charge on any atom is 0.239 e. The fourth-order valence-electron chi connectivity index (χ4n) is 1.53. The number of primary sulfonamides is 1. The summed E-state index contributed by atoms with van der Waals surface area (Å²) < 4.78 is 32.8. The number of hydrogen-bond acceptors (Lipinski definition) is 6. The Morgan fingerprint density at radius 3 is 2.52 bits per heavy atom. The first-order valence-electron chi connectivity index (χ1n) is 5.69. The molecule has 0 atom stereocenters. The highest BCUT2D eigenvalue weighted by Crippen LogP contribution is 2.31. The van der Waals surface area contributed by atoms with Crippen LogP contribution in [-0.4, -0.2) is 20.5 Å². The molecule has 0 aliphatic rings. The van der Waals surface area contributed by atoms with E-state index in [-0.39, 0.29) is 10.8 Å². The zero-order chi connectivity index (χ0) is 15.5. The standard InChI is InChI=1S/C13H11N3O4S/c1-19-12-6-9(7-14)2-4-11(12)20-13-5-3-10(8-16-13)21(15,17)18/h2-6,8H,1H3,(H2,15,17,18). The molecule has 1 aromatic heterocycles. The van der Waals surface area contributed by atoms with Gasteiger partial charge in [0.15, 0.2) is 11.5 Å². The van der Waals surface area contributed by atoms with Gasteiger partial charge in [-0.1, -0.05) is 0 Å². The van der Waals surface area contributed by atoms with Crippen molar-refractivity contribution in [3.63, 3.8) is 0 Å². The number of rotatable bonds is 4. The normalized spacial score (nSPS) is 10.7. The fourth-order valence-corrected chi connectivity index (χ4v) is 1.99. The van der Waals surface area contributed by atoms with Crippen molar-refractivity contribution >= 4 is 10.0 Å². The zero-order valence-corrected chi connectivity index (χ0v) is 11.8. The number of nitrogens with two attached hydrogens (primary N) is 1. The van der Waals surface area contributed by atoms with Gasteiger partial charge in [0.1, 0.15) is 4.90 Å². The lowest BCUT2D eigenvalue weighted by Crippen LogP contribution is -2.12. The predicted molar refractivity (Wildman–Crippen MR) is 73.4 cm³/mol. The molecule has 0 unspecified atom stereocenters. The minimum absolute atomic E-state index is 0.110. The Labute approximate surface area is 121 Å². The molecule has 2 N–H and O–H groups in total. The van der Waals surface area contributed by atoms with Gasteiger partial charge in [-0.05, 0) is 18.2 Å². The quantitative estimate of drug-likeness (QED) is 0.912. The highest BCUT2D eigenvalue weighted by atomic mass is 32.2. The van der Waals surface area contributed by atoms with Crippen LogP contribution in [-0.2, 0) is 10.0 Å². The van der Waals surface area contributed by atoms with Gasteiger partial charge in [-0.15, -0.1) is 0 Å². The molecule has 108 valence electrons. The lowest BCUT2D eigenvalue weighted by molar-refractivity contribution is 0.374. The highest BCUT2D eigenvalue weighted by molar-refractivity contribution is 7.89. The molecule has 7 nitrogen and oxygen atoms in total. The molecule has 0 bridgehead atoms. The maximum atomic E-state index is 11.1. The van der Waals surface area contributed by atoms with Crippen LogP contribution in [0, 0.1) is 11.3 Å². The van der Waals surface area contributed by atoms with Gasteiger partial charge < -0.3 is 9.47 Å². The SMILES string of the molecule is COc1cc(C#N)ccc1Oc1ccc(S(N)(=O)=O)cn1. The van der Waals surface area contributed by atoms with Gasteiger partial charge >= 0.3 is 0 Å². The lowest BCUT2D eigenvalue weighted by Gasteiger charge is -2.09. The van der Waals surface area contributed by atoms with Crippen molar-refractivity contribution in [2.45, 2.75) is 4.90 Å². The molecule has 0 fully saturated rings. The van der Waals surface area contributed by atoms with Crippen LogP contribution >= 0.6 is 0 Å². The van der Waals surface area contributed by atoms with E-state index in [2.05, 4.69) is 4.98 Å².